The van der Waals surface area contributed by atoms with Crippen molar-refractivity contribution in [3.05, 3.63) is 31.1 Å². The first-order valence-corrected chi connectivity index (χ1v) is 7.33. The molecule has 1 fully saturated rings. The van der Waals surface area contributed by atoms with Gasteiger partial charge in [0.25, 0.3) is 0 Å². The molecule has 3 aromatic heterocycles. The minimum atomic E-state index is 0.291. The number of aromatic amines is 1. The molecule has 22 heavy (non-hydrogen) atoms. The highest BCUT2D eigenvalue weighted by molar-refractivity contribution is 5.82. The van der Waals surface area contributed by atoms with Gasteiger partial charge in [-0.25, -0.2) is 24.9 Å². The van der Waals surface area contributed by atoms with Crippen LogP contribution in [0.25, 0.3) is 11.2 Å². The molecule has 4 heterocycles. The van der Waals surface area contributed by atoms with Crippen molar-refractivity contribution in [2.75, 3.05) is 23.3 Å². The maximum Gasteiger partial charge on any atom is 0.225 e. The molecule has 112 valence electrons. The largest absolute Gasteiger partial charge is 0.364 e. The summed E-state index contributed by atoms with van der Waals surface area (Å²) in [5.41, 5.74) is 1.52. The van der Waals surface area contributed by atoms with E-state index in [1.807, 2.05) is 6.07 Å². The average Bonchev–Trinajstić information content (AvgIpc) is 3.06. The lowest BCUT2D eigenvalue weighted by Gasteiger charge is -2.33. The van der Waals surface area contributed by atoms with Crippen molar-refractivity contribution in [1.29, 1.82) is 0 Å². The van der Waals surface area contributed by atoms with Crippen LogP contribution in [0.5, 0.6) is 0 Å². The van der Waals surface area contributed by atoms with Gasteiger partial charge in [0, 0.05) is 31.5 Å². The van der Waals surface area contributed by atoms with Crippen LogP contribution in [0.3, 0.4) is 0 Å². The first kappa shape index (κ1) is 12.9. The fraction of sp³-hybridized carbons (Fsp3) is 0.357. The van der Waals surface area contributed by atoms with Gasteiger partial charge in [0.1, 0.15) is 11.8 Å². The third kappa shape index (κ3) is 2.43. The van der Waals surface area contributed by atoms with Crippen molar-refractivity contribution in [3.8, 4) is 0 Å². The number of piperidine rings is 1. The zero-order chi connectivity index (χ0) is 14.8. The fourth-order valence-corrected chi connectivity index (χ4v) is 2.80. The van der Waals surface area contributed by atoms with E-state index >= 15 is 0 Å². The molecular weight excluding hydrogens is 280 g/mol. The predicted octanol–water partition coefficient (Wildman–Crippen LogP) is 1.22. The summed E-state index contributed by atoms with van der Waals surface area (Å²) in [5, 5.41) is 3.49. The second-order valence-electron chi connectivity index (χ2n) is 5.30. The summed E-state index contributed by atoms with van der Waals surface area (Å²) >= 11 is 0. The molecule has 0 saturated carbocycles. The van der Waals surface area contributed by atoms with Crippen molar-refractivity contribution < 1.29 is 0 Å². The number of imidazole rings is 1. The monoisotopic (exact) mass is 296 g/mol. The Morgan fingerprint density at radius 3 is 2.95 bits per heavy atom. The zero-order valence-corrected chi connectivity index (χ0v) is 12.0. The molecule has 0 aromatic carbocycles. The highest BCUT2D eigenvalue weighted by atomic mass is 15.3. The average molecular weight is 296 g/mol. The van der Waals surface area contributed by atoms with Gasteiger partial charge >= 0.3 is 0 Å². The minimum Gasteiger partial charge on any atom is -0.364 e. The van der Waals surface area contributed by atoms with E-state index in [2.05, 4.69) is 40.1 Å². The maximum absolute atomic E-state index is 4.33. The van der Waals surface area contributed by atoms with Crippen molar-refractivity contribution >= 4 is 22.9 Å². The van der Waals surface area contributed by atoms with Gasteiger partial charge in [-0.05, 0) is 18.9 Å². The Morgan fingerprint density at radius 1 is 1.14 bits per heavy atom. The number of nitrogens with one attached hydrogen (secondary N) is 2. The van der Waals surface area contributed by atoms with Gasteiger partial charge in [-0.1, -0.05) is 0 Å². The van der Waals surface area contributed by atoms with Crippen LogP contribution in [-0.2, 0) is 0 Å². The highest BCUT2D eigenvalue weighted by Crippen LogP contribution is 2.21. The number of aromatic nitrogens is 6. The van der Waals surface area contributed by atoms with Crippen LogP contribution in [0.1, 0.15) is 12.8 Å². The smallest absolute Gasteiger partial charge is 0.225 e. The van der Waals surface area contributed by atoms with Crippen LogP contribution in [0.4, 0.5) is 11.8 Å². The first-order valence-electron chi connectivity index (χ1n) is 7.33. The van der Waals surface area contributed by atoms with Crippen molar-refractivity contribution in [2.24, 2.45) is 0 Å². The zero-order valence-electron chi connectivity index (χ0n) is 12.0. The predicted molar refractivity (Wildman–Crippen MR) is 82.6 cm³/mol. The van der Waals surface area contributed by atoms with E-state index in [0.717, 1.165) is 43.2 Å². The number of anilines is 2. The lowest BCUT2D eigenvalue weighted by atomic mass is 10.1. The van der Waals surface area contributed by atoms with Crippen LogP contribution in [0, 0.1) is 0 Å². The van der Waals surface area contributed by atoms with E-state index in [0.29, 0.717) is 11.7 Å². The van der Waals surface area contributed by atoms with Gasteiger partial charge in [0.2, 0.25) is 5.95 Å². The molecule has 1 unspecified atom stereocenters. The summed E-state index contributed by atoms with van der Waals surface area (Å²) in [6, 6.07) is 2.12. The van der Waals surface area contributed by atoms with Crippen LogP contribution in [-0.4, -0.2) is 49.0 Å². The topological polar surface area (TPSA) is 95.5 Å². The van der Waals surface area contributed by atoms with Gasteiger partial charge < -0.3 is 15.2 Å². The van der Waals surface area contributed by atoms with Gasteiger partial charge in [0.15, 0.2) is 11.5 Å². The van der Waals surface area contributed by atoms with E-state index in [4.69, 9.17) is 0 Å². The Kier molecular flexibility index (Phi) is 3.26. The lowest BCUT2D eigenvalue weighted by Crippen LogP contribution is -2.43. The molecule has 1 atom stereocenters. The standard InChI is InChI=1S/C14H16N8/c1-3-10(7-22(6-1)14-15-4-2-5-16-14)21-13-11-12(18-8-17-11)19-9-20-13/h2,4-5,8-10H,1,3,6-7H2,(H2,17,18,19,20,21). The van der Waals surface area contributed by atoms with E-state index in [1.165, 1.54) is 6.33 Å². The molecule has 2 N–H and O–H groups in total. The third-order valence-corrected chi connectivity index (χ3v) is 3.82. The van der Waals surface area contributed by atoms with E-state index in [-0.39, 0.29) is 0 Å². The van der Waals surface area contributed by atoms with Gasteiger partial charge in [0.05, 0.1) is 6.33 Å². The summed E-state index contributed by atoms with van der Waals surface area (Å²) in [7, 11) is 0. The molecule has 0 radical (unpaired) electrons. The lowest BCUT2D eigenvalue weighted by molar-refractivity contribution is 0.522. The molecule has 0 bridgehead atoms. The quantitative estimate of drug-likeness (QED) is 0.750. The van der Waals surface area contributed by atoms with E-state index in [1.54, 1.807) is 18.7 Å². The summed E-state index contributed by atoms with van der Waals surface area (Å²) in [6.07, 6.45) is 8.90. The molecule has 1 aliphatic rings. The molecular formula is C14H16N8. The van der Waals surface area contributed by atoms with Gasteiger partial charge in [-0.2, -0.15) is 0 Å². The molecule has 1 saturated heterocycles. The molecule has 3 aromatic rings. The summed E-state index contributed by atoms with van der Waals surface area (Å²) in [4.78, 5) is 26.6. The first-order chi connectivity index (χ1) is 10.9. The number of rotatable bonds is 3. The Hall–Kier alpha value is -2.77. The Balaban J connectivity index is 1.52. The minimum absolute atomic E-state index is 0.291. The summed E-state index contributed by atoms with van der Waals surface area (Å²) in [6.45, 7) is 1.83. The molecule has 4 rings (SSSR count). The third-order valence-electron chi connectivity index (χ3n) is 3.82. The number of hydrogen-bond acceptors (Lipinski definition) is 7. The molecule has 0 spiro atoms. The number of nitrogens with zero attached hydrogens (tertiary/aromatic N) is 6. The Morgan fingerprint density at radius 2 is 2.05 bits per heavy atom. The van der Waals surface area contributed by atoms with Crippen LogP contribution in [0.15, 0.2) is 31.1 Å². The number of H-pyrrole nitrogens is 1. The van der Waals surface area contributed by atoms with Crippen molar-refractivity contribution in [1.82, 2.24) is 29.9 Å². The number of hydrogen-bond donors (Lipinski definition) is 2. The number of fused-ring (bicyclic) bond motifs is 1. The van der Waals surface area contributed by atoms with Crippen LogP contribution >= 0.6 is 0 Å². The van der Waals surface area contributed by atoms with Crippen LogP contribution < -0.4 is 10.2 Å². The highest BCUT2D eigenvalue weighted by Gasteiger charge is 2.22. The fourth-order valence-electron chi connectivity index (χ4n) is 2.80. The molecule has 1 aliphatic heterocycles. The maximum atomic E-state index is 4.33. The second-order valence-corrected chi connectivity index (χ2v) is 5.30. The Bertz CT molecular complexity index is 756. The Labute approximate surface area is 127 Å². The van der Waals surface area contributed by atoms with Crippen LogP contribution in [0.2, 0.25) is 0 Å². The molecule has 8 heteroatoms. The van der Waals surface area contributed by atoms with Crippen molar-refractivity contribution in [3.63, 3.8) is 0 Å². The summed E-state index contributed by atoms with van der Waals surface area (Å²) < 4.78 is 0. The van der Waals surface area contributed by atoms with Gasteiger partial charge in [-0.3, -0.25) is 0 Å². The summed E-state index contributed by atoms with van der Waals surface area (Å²) in [5.74, 6) is 1.58. The van der Waals surface area contributed by atoms with E-state index < -0.39 is 0 Å². The molecule has 0 aliphatic carbocycles. The van der Waals surface area contributed by atoms with Gasteiger partial charge in [-0.15, -0.1) is 0 Å². The second kappa shape index (κ2) is 5.55. The normalized spacial score (nSPS) is 18.5. The molecule has 8 nitrogen and oxygen atoms in total. The SMILES string of the molecule is c1cnc(N2CCCC(Nc3ncnc4nc[nH]c34)C2)nc1. The van der Waals surface area contributed by atoms with Crippen molar-refractivity contribution in [2.45, 2.75) is 18.9 Å². The molecule has 0 amide bonds. The van der Waals surface area contributed by atoms with E-state index in [9.17, 15) is 0 Å².